The Hall–Kier alpha value is -4.30. The molecule has 162 valence electrons. The van der Waals surface area contributed by atoms with Gasteiger partial charge in [-0.1, -0.05) is 24.3 Å². The van der Waals surface area contributed by atoms with E-state index in [0.29, 0.717) is 5.82 Å². The van der Waals surface area contributed by atoms with E-state index in [-0.39, 0.29) is 0 Å². The van der Waals surface area contributed by atoms with Crippen molar-refractivity contribution in [1.82, 2.24) is 25.4 Å². The monoisotopic (exact) mass is 451 g/mol. The zero-order chi connectivity index (χ0) is 22.6. The van der Waals surface area contributed by atoms with Crippen molar-refractivity contribution in [2.45, 2.75) is 6.92 Å². The number of aromatic nitrogens is 4. The van der Waals surface area contributed by atoms with E-state index in [1.807, 2.05) is 61.1 Å². The third-order valence-corrected chi connectivity index (χ3v) is 5.99. The van der Waals surface area contributed by atoms with E-state index in [1.165, 1.54) is 0 Å². The van der Waals surface area contributed by atoms with Crippen LogP contribution < -0.4 is 10.7 Å². The van der Waals surface area contributed by atoms with Crippen molar-refractivity contribution in [3.05, 3.63) is 84.1 Å². The van der Waals surface area contributed by atoms with Crippen LogP contribution in [0, 0.1) is 0 Å². The Labute approximate surface area is 195 Å². The highest BCUT2D eigenvalue weighted by atomic mass is 32.1. The lowest BCUT2D eigenvalue weighted by atomic mass is 10.1. The number of hydrogen-bond donors (Lipinski definition) is 3. The molecule has 3 heterocycles. The Kier molecular flexibility index (Phi) is 5.65. The molecular weight excluding hydrogens is 430 g/mol. The van der Waals surface area contributed by atoms with Crippen molar-refractivity contribution >= 4 is 46.0 Å². The lowest BCUT2D eigenvalue weighted by molar-refractivity contribution is 0.982. The highest BCUT2D eigenvalue weighted by molar-refractivity contribution is 7.13. The van der Waals surface area contributed by atoms with Crippen LogP contribution in [0.25, 0.3) is 38.6 Å². The summed E-state index contributed by atoms with van der Waals surface area (Å²) in [7, 11) is 0. The molecule has 0 unspecified atom stereocenters. The second-order valence-electron chi connectivity index (χ2n) is 7.40. The predicted octanol–water partition coefficient (Wildman–Crippen LogP) is 6.06. The zero-order valence-electron chi connectivity index (χ0n) is 17.9. The molecule has 2 aromatic carbocycles. The van der Waals surface area contributed by atoms with Crippen molar-refractivity contribution in [3.63, 3.8) is 0 Å². The van der Waals surface area contributed by atoms with E-state index in [2.05, 4.69) is 55.7 Å². The van der Waals surface area contributed by atoms with Gasteiger partial charge in [0.05, 0.1) is 5.69 Å². The first-order valence-corrected chi connectivity index (χ1v) is 11.2. The summed E-state index contributed by atoms with van der Waals surface area (Å²) in [5.41, 5.74) is 8.84. The summed E-state index contributed by atoms with van der Waals surface area (Å²) < 4.78 is 0. The lowest BCUT2D eigenvalue weighted by Gasteiger charge is -2.09. The molecule has 33 heavy (non-hydrogen) atoms. The molecule has 5 aromatic rings. The number of anilines is 2. The smallest absolute Gasteiger partial charge is 0.161 e. The molecule has 0 saturated heterocycles. The van der Waals surface area contributed by atoms with Gasteiger partial charge in [0.1, 0.15) is 10.8 Å². The Balaban J connectivity index is 1.37. The predicted molar refractivity (Wildman–Crippen MR) is 136 cm³/mol. The first-order chi connectivity index (χ1) is 16.2. The molecule has 3 N–H and O–H groups in total. The molecule has 7 nitrogen and oxygen atoms in total. The SMILES string of the molecule is C=NN/C=C(\C)c1ccc(Nc2ccnc(-c3ccc4cc(-c5nccs5)[nH]c4c3)n2)cc1. The van der Waals surface area contributed by atoms with Crippen molar-refractivity contribution in [3.8, 4) is 22.1 Å². The molecule has 0 saturated carbocycles. The average molecular weight is 452 g/mol. The van der Waals surface area contributed by atoms with Crippen LogP contribution >= 0.6 is 11.3 Å². The second kappa shape index (κ2) is 9.05. The summed E-state index contributed by atoms with van der Waals surface area (Å²) in [5, 5.41) is 11.1. The summed E-state index contributed by atoms with van der Waals surface area (Å²) >= 11 is 1.61. The number of nitrogens with zero attached hydrogens (tertiary/aromatic N) is 4. The van der Waals surface area contributed by atoms with E-state index < -0.39 is 0 Å². The van der Waals surface area contributed by atoms with Gasteiger partial charge in [-0.15, -0.1) is 11.3 Å². The van der Waals surface area contributed by atoms with Crippen LogP contribution in [0.2, 0.25) is 0 Å². The minimum absolute atomic E-state index is 0.658. The fraction of sp³-hybridized carbons (Fsp3) is 0.0400. The average Bonchev–Trinajstić information content (AvgIpc) is 3.52. The van der Waals surface area contributed by atoms with E-state index >= 15 is 0 Å². The van der Waals surface area contributed by atoms with Gasteiger partial charge in [-0.3, -0.25) is 5.43 Å². The fourth-order valence-corrected chi connectivity index (χ4v) is 4.10. The van der Waals surface area contributed by atoms with E-state index in [9.17, 15) is 0 Å². The van der Waals surface area contributed by atoms with Crippen molar-refractivity contribution in [1.29, 1.82) is 0 Å². The van der Waals surface area contributed by atoms with Crippen molar-refractivity contribution in [2.24, 2.45) is 5.10 Å². The molecule has 3 aromatic heterocycles. The molecule has 0 bridgehead atoms. The normalized spacial score (nSPS) is 11.5. The van der Waals surface area contributed by atoms with Gasteiger partial charge in [0.2, 0.25) is 0 Å². The molecule has 0 fully saturated rings. The van der Waals surface area contributed by atoms with Gasteiger partial charge in [0, 0.05) is 52.8 Å². The molecule has 0 atom stereocenters. The van der Waals surface area contributed by atoms with Crippen molar-refractivity contribution < 1.29 is 0 Å². The highest BCUT2D eigenvalue weighted by Crippen LogP contribution is 2.29. The van der Waals surface area contributed by atoms with Gasteiger partial charge >= 0.3 is 0 Å². The molecule has 8 heteroatoms. The summed E-state index contributed by atoms with van der Waals surface area (Å²) in [6.07, 6.45) is 5.39. The van der Waals surface area contributed by atoms with Crippen LogP contribution in [-0.2, 0) is 0 Å². The molecule has 0 aliphatic rings. The summed E-state index contributed by atoms with van der Waals surface area (Å²) in [6.45, 7) is 5.42. The Morgan fingerprint density at radius 3 is 2.73 bits per heavy atom. The number of hydrazone groups is 1. The largest absolute Gasteiger partial charge is 0.353 e. The Morgan fingerprint density at radius 1 is 1.06 bits per heavy atom. The van der Waals surface area contributed by atoms with Crippen LogP contribution in [-0.4, -0.2) is 26.7 Å². The number of aromatic amines is 1. The molecule has 5 rings (SSSR count). The van der Waals surface area contributed by atoms with Gasteiger partial charge in [0.25, 0.3) is 0 Å². The molecule has 0 spiro atoms. The third-order valence-electron chi connectivity index (χ3n) is 5.18. The Morgan fingerprint density at radius 2 is 1.94 bits per heavy atom. The summed E-state index contributed by atoms with van der Waals surface area (Å²) in [4.78, 5) is 17.0. The molecule has 0 aliphatic carbocycles. The van der Waals surface area contributed by atoms with E-state index in [4.69, 9.17) is 4.98 Å². The molecular formula is C25H21N7S. The van der Waals surface area contributed by atoms with Crippen LogP contribution in [0.1, 0.15) is 12.5 Å². The first kappa shape index (κ1) is 20.6. The maximum atomic E-state index is 4.71. The minimum Gasteiger partial charge on any atom is -0.353 e. The molecule has 0 amide bonds. The number of hydrogen-bond acceptors (Lipinski definition) is 7. The topological polar surface area (TPSA) is 90.9 Å². The quantitative estimate of drug-likeness (QED) is 0.207. The molecule has 0 radical (unpaired) electrons. The molecule has 0 aliphatic heterocycles. The third kappa shape index (κ3) is 4.51. The summed E-state index contributed by atoms with van der Waals surface area (Å²) in [6, 6.07) is 18.3. The number of thiazole rings is 1. The number of rotatable bonds is 7. The van der Waals surface area contributed by atoms with E-state index in [1.54, 1.807) is 17.5 Å². The van der Waals surface area contributed by atoms with Crippen LogP contribution in [0.3, 0.4) is 0 Å². The van der Waals surface area contributed by atoms with Crippen LogP contribution in [0.4, 0.5) is 11.5 Å². The fourth-order valence-electron chi connectivity index (χ4n) is 3.50. The number of nitrogens with one attached hydrogen (secondary N) is 3. The zero-order valence-corrected chi connectivity index (χ0v) is 18.7. The van der Waals surface area contributed by atoms with Gasteiger partial charge < -0.3 is 10.3 Å². The van der Waals surface area contributed by atoms with Gasteiger partial charge in [-0.2, -0.15) is 5.10 Å². The standard InChI is InChI=1S/C25H21N7S/c1-16(15-29-26-2)17-5-7-20(8-6-17)30-23-9-10-27-24(32-23)19-4-3-18-13-22(31-21(18)14-19)25-28-11-12-33-25/h3-15,29,31H,2H2,1H3,(H,27,30,32)/b16-15+. The number of allylic oxidation sites excluding steroid dienone is 1. The van der Waals surface area contributed by atoms with Crippen molar-refractivity contribution in [2.75, 3.05) is 5.32 Å². The first-order valence-electron chi connectivity index (χ1n) is 10.3. The van der Waals surface area contributed by atoms with Gasteiger partial charge in [0.15, 0.2) is 5.82 Å². The number of H-pyrrole nitrogens is 1. The summed E-state index contributed by atoms with van der Waals surface area (Å²) in [5.74, 6) is 1.39. The van der Waals surface area contributed by atoms with E-state index in [0.717, 1.165) is 49.8 Å². The van der Waals surface area contributed by atoms with Gasteiger partial charge in [-0.25, -0.2) is 15.0 Å². The maximum Gasteiger partial charge on any atom is 0.161 e. The van der Waals surface area contributed by atoms with Gasteiger partial charge in [-0.05, 0) is 48.4 Å². The van der Waals surface area contributed by atoms with Crippen LogP contribution in [0.5, 0.6) is 0 Å². The number of benzene rings is 2. The Bertz CT molecular complexity index is 1430. The second-order valence-corrected chi connectivity index (χ2v) is 8.30. The number of fused-ring (bicyclic) bond motifs is 1. The highest BCUT2D eigenvalue weighted by Gasteiger charge is 2.09. The maximum absolute atomic E-state index is 4.71. The van der Waals surface area contributed by atoms with Crippen LogP contribution in [0.15, 0.2) is 83.7 Å². The minimum atomic E-state index is 0.658. The lowest BCUT2D eigenvalue weighted by Crippen LogP contribution is -1.97.